The van der Waals surface area contributed by atoms with E-state index in [1.807, 2.05) is 22.6 Å². The van der Waals surface area contributed by atoms with Crippen molar-refractivity contribution < 1.29 is 39.0 Å². The van der Waals surface area contributed by atoms with Crippen LogP contribution in [0.25, 0.3) is 0 Å². The Morgan fingerprint density at radius 2 is 1.89 bits per heavy atom. The first kappa shape index (κ1) is 27.7. The number of thioether (sulfide) groups is 1. The van der Waals surface area contributed by atoms with Gasteiger partial charge in [0.15, 0.2) is 34.7 Å². The molecule has 2 fully saturated rings. The van der Waals surface area contributed by atoms with Gasteiger partial charge in [-0.25, -0.2) is 0 Å². The van der Waals surface area contributed by atoms with E-state index in [4.69, 9.17) is 5.73 Å². The molecule has 3 aliphatic rings. The average Bonchev–Trinajstić information content (AvgIpc) is 2.79. The molecule has 4 unspecified atom stereocenters. The van der Waals surface area contributed by atoms with Crippen LogP contribution in [-0.2, 0) is 30.4 Å². The zero-order chi connectivity index (χ0) is 27.6. The lowest BCUT2D eigenvalue weighted by atomic mass is 9.52. The lowest BCUT2D eigenvalue weighted by molar-refractivity contribution is -0.181. The standard InChI is InChI=1S/C24H26IN3O8S/c1-28(2)17-10-5-8-4-9-11(25)6-12(27-13(29)7-37-3)18(30)15(9)19(31)14(8)21(33)24(10,36)22(34)16(20(17)32)23(26)35/h6,8,10,14,16-17,30,36H,4-5,7H2,1-3H3,(H2,26,35)(H,27,29)/t8?,10?,14?,16?,17-,24-/m0/s1. The van der Waals surface area contributed by atoms with E-state index < -0.39 is 76.0 Å². The molecule has 0 aliphatic heterocycles. The number of carbonyl (C=O) groups is 6. The van der Waals surface area contributed by atoms with Gasteiger partial charge in [0, 0.05) is 9.49 Å². The number of fused-ring (bicyclic) bond motifs is 3. The number of halogens is 1. The molecule has 0 aromatic heterocycles. The second-order valence-corrected chi connectivity index (χ2v) is 11.9. The maximum Gasteiger partial charge on any atom is 0.235 e. The van der Waals surface area contributed by atoms with Crippen LogP contribution in [0.15, 0.2) is 6.07 Å². The Kier molecular flexibility index (Phi) is 7.29. The molecule has 2 amide bonds. The molecular formula is C24H26IN3O8S. The smallest absolute Gasteiger partial charge is 0.235 e. The summed E-state index contributed by atoms with van der Waals surface area (Å²) in [4.78, 5) is 79.5. The van der Waals surface area contributed by atoms with Crippen LogP contribution in [0.5, 0.6) is 5.75 Å². The third kappa shape index (κ3) is 4.10. The van der Waals surface area contributed by atoms with Gasteiger partial charge in [0.2, 0.25) is 11.8 Å². The van der Waals surface area contributed by atoms with Crippen molar-refractivity contribution in [3.63, 3.8) is 0 Å². The van der Waals surface area contributed by atoms with Crippen molar-refractivity contribution in [1.29, 1.82) is 0 Å². The van der Waals surface area contributed by atoms with E-state index in [0.717, 1.165) is 0 Å². The number of hydrogen-bond donors (Lipinski definition) is 4. The van der Waals surface area contributed by atoms with Gasteiger partial charge in [0.1, 0.15) is 5.75 Å². The summed E-state index contributed by atoms with van der Waals surface area (Å²) in [5, 5.41) is 25.1. The predicted octanol–water partition coefficient (Wildman–Crippen LogP) is -0.227. The monoisotopic (exact) mass is 643 g/mol. The molecule has 198 valence electrons. The molecule has 6 atom stereocenters. The van der Waals surface area contributed by atoms with E-state index in [-0.39, 0.29) is 29.8 Å². The van der Waals surface area contributed by atoms with Crippen LogP contribution in [0.3, 0.4) is 0 Å². The normalized spacial score (nSPS) is 31.0. The number of nitrogens with zero attached hydrogens (tertiary/aromatic N) is 1. The van der Waals surface area contributed by atoms with Crippen LogP contribution in [0, 0.1) is 27.2 Å². The van der Waals surface area contributed by atoms with Crippen LogP contribution in [0.1, 0.15) is 22.3 Å². The van der Waals surface area contributed by atoms with Gasteiger partial charge >= 0.3 is 0 Å². The minimum Gasteiger partial charge on any atom is -0.505 e. The molecule has 1 aromatic rings. The Labute approximate surface area is 230 Å². The van der Waals surface area contributed by atoms with Gasteiger partial charge < -0.3 is 21.3 Å². The SMILES string of the molecule is CSCC(=O)Nc1cc(I)c2c(c1O)C(=O)C1C(=O)[C@]3(O)C(=O)C(C(N)=O)C(=O)[C@@H](N(C)C)C3CC1C2. The third-order valence-corrected chi connectivity index (χ3v) is 9.07. The molecule has 0 bridgehead atoms. The summed E-state index contributed by atoms with van der Waals surface area (Å²) in [5.41, 5.74) is 2.88. The second kappa shape index (κ2) is 9.75. The molecule has 3 aliphatic carbocycles. The minimum absolute atomic E-state index is 0.00894. The zero-order valence-electron chi connectivity index (χ0n) is 20.2. The fraction of sp³-hybridized carbons (Fsp3) is 0.500. The highest BCUT2D eigenvalue weighted by molar-refractivity contribution is 14.1. The first-order chi connectivity index (χ1) is 17.3. The number of Topliss-reactive ketones (excluding diaryl/α,β-unsaturated/α-hetero) is 4. The molecule has 4 rings (SSSR count). The van der Waals surface area contributed by atoms with Crippen molar-refractivity contribution >= 4 is 75.0 Å². The summed E-state index contributed by atoms with van der Waals surface area (Å²) in [6, 6.07) is 0.387. The fourth-order valence-electron chi connectivity index (χ4n) is 6.04. The van der Waals surface area contributed by atoms with Crippen LogP contribution >= 0.6 is 34.4 Å². The number of ketones is 4. The van der Waals surface area contributed by atoms with Crippen molar-refractivity contribution in [2.45, 2.75) is 24.5 Å². The summed E-state index contributed by atoms with van der Waals surface area (Å²) in [5.74, 6) is -11.4. The lowest BCUT2D eigenvalue weighted by Gasteiger charge is -2.52. The Balaban J connectivity index is 1.83. The molecule has 11 nitrogen and oxygen atoms in total. The Morgan fingerprint density at radius 1 is 1.24 bits per heavy atom. The Bertz CT molecular complexity index is 1270. The van der Waals surface area contributed by atoms with Crippen molar-refractivity contribution in [3.8, 4) is 5.75 Å². The van der Waals surface area contributed by atoms with E-state index in [1.165, 1.54) is 36.8 Å². The molecule has 13 heteroatoms. The van der Waals surface area contributed by atoms with Gasteiger partial charge in [-0.1, -0.05) is 0 Å². The highest BCUT2D eigenvalue weighted by atomic mass is 127. The van der Waals surface area contributed by atoms with E-state index in [1.54, 1.807) is 6.26 Å². The van der Waals surface area contributed by atoms with Gasteiger partial charge in [0.05, 0.1) is 29.0 Å². The van der Waals surface area contributed by atoms with Crippen molar-refractivity contribution in [3.05, 3.63) is 20.8 Å². The molecule has 2 saturated carbocycles. The molecule has 0 heterocycles. The fourth-order valence-corrected chi connectivity index (χ4v) is 7.17. The predicted molar refractivity (Wildman–Crippen MR) is 141 cm³/mol. The summed E-state index contributed by atoms with van der Waals surface area (Å²) >= 11 is 3.25. The number of hydrogen-bond acceptors (Lipinski definition) is 10. The molecule has 37 heavy (non-hydrogen) atoms. The number of phenols is 1. The van der Waals surface area contributed by atoms with E-state index in [0.29, 0.717) is 9.13 Å². The number of phenolic OH excluding ortho intramolecular Hbond substituents is 1. The molecular weight excluding hydrogens is 617 g/mol. The molecule has 0 saturated heterocycles. The van der Waals surface area contributed by atoms with Crippen molar-refractivity contribution in [1.82, 2.24) is 4.90 Å². The number of amides is 2. The topological polar surface area (TPSA) is 184 Å². The second-order valence-electron chi connectivity index (χ2n) is 9.88. The molecule has 0 spiro atoms. The number of nitrogens with two attached hydrogens (primary N) is 1. The maximum absolute atomic E-state index is 13.8. The first-order valence-electron chi connectivity index (χ1n) is 11.4. The van der Waals surface area contributed by atoms with E-state index >= 15 is 0 Å². The minimum atomic E-state index is -2.77. The summed E-state index contributed by atoms with van der Waals surface area (Å²) < 4.78 is 0.582. The first-order valence-corrected chi connectivity index (χ1v) is 13.9. The number of likely N-dealkylation sites (N-methyl/N-ethyl adjacent to an activating group) is 1. The number of anilines is 1. The number of aromatic hydroxyl groups is 1. The summed E-state index contributed by atoms with van der Waals surface area (Å²) in [6.45, 7) is 0. The van der Waals surface area contributed by atoms with Gasteiger partial charge in [-0.05, 0) is 73.3 Å². The Morgan fingerprint density at radius 3 is 2.46 bits per heavy atom. The number of benzene rings is 1. The number of nitrogens with one attached hydrogen (secondary N) is 1. The van der Waals surface area contributed by atoms with Gasteiger partial charge in [-0.3, -0.25) is 33.7 Å². The van der Waals surface area contributed by atoms with Crippen LogP contribution in [0.2, 0.25) is 0 Å². The quantitative estimate of drug-likeness (QED) is 0.190. The zero-order valence-corrected chi connectivity index (χ0v) is 23.2. The maximum atomic E-state index is 13.8. The number of primary amides is 1. The average molecular weight is 643 g/mol. The number of carbonyl (C=O) groups excluding carboxylic acids is 6. The van der Waals surface area contributed by atoms with Crippen LogP contribution < -0.4 is 11.1 Å². The highest BCUT2D eigenvalue weighted by Gasteiger charge is 2.69. The van der Waals surface area contributed by atoms with Gasteiger partial charge in [0.25, 0.3) is 0 Å². The number of aliphatic hydroxyl groups is 1. The summed E-state index contributed by atoms with van der Waals surface area (Å²) in [6.07, 6.45) is 1.87. The Hall–Kier alpha value is -2.36. The van der Waals surface area contributed by atoms with Crippen molar-refractivity contribution in [2.75, 3.05) is 31.4 Å². The lowest BCUT2D eigenvalue weighted by Crippen LogP contribution is -2.74. The number of rotatable bonds is 5. The summed E-state index contributed by atoms with van der Waals surface area (Å²) in [7, 11) is 3.06. The van der Waals surface area contributed by atoms with Gasteiger partial charge in [-0.15, -0.1) is 0 Å². The van der Waals surface area contributed by atoms with Crippen molar-refractivity contribution in [2.24, 2.45) is 29.4 Å². The third-order valence-electron chi connectivity index (χ3n) is 7.56. The van der Waals surface area contributed by atoms with E-state index in [9.17, 15) is 39.0 Å². The largest absolute Gasteiger partial charge is 0.505 e. The van der Waals surface area contributed by atoms with Crippen LogP contribution in [0.4, 0.5) is 5.69 Å². The molecule has 5 N–H and O–H groups in total. The van der Waals surface area contributed by atoms with E-state index in [2.05, 4.69) is 5.32 Å². The van der Waals surface area contributed by atoms with Crippen LogP contribution in [-0.4, -0.2) is 87.8 Å². The molecule has 1 aromatic carbocycles. The highest BCUT2D eigenvalue weighted by Crippen LogP contribution is 2.51. The molecule has 0 radical (unpaired) electrons. The van der Waals surface area contributed by atoms with Gasteiger partial charge in [-0.2, -0.15) is 11.8 Å².